The molecule has 0 fully saturated rings. The zero-order valence-corrected chi connectivity index (χ0v) is 11.3. The lowest BCUT2D eigenvalue weighted by Gasteiger charge is -2.27. The van der Waals surface area contributed by atoms with Gasteiger partial charge in [0.15, 0.2) is 11.5 Å². The van der Waals surface area contributed by atoms with Crippen molar-refractivity contribution in [1.29, 1.82) is 0 Å². The van der Waals surface area contributed by atoms with E-state index in [1.807, 2.05) is 0 Å². The summed E-state index contributed by atoms with van der Waals surface area (Å²) in [4.78, 5) is 11.9. The average molecular weight is 251 g/mol. The van der Waals surface area contributed by atoms with Crippen LogP contribution in [0.25, 0.3) is 0 Å². The SMILES string of the molecule is CC(CNC(=O)c1cccc(O)c1O)C(C)(C)C. The molecule has 0 radical (unpaired) electrons. The predicted octanol–water partition coefficient (Wildman–Crippen LogP) is 2.51. The second-order valence-electron chi connectivity index (χ2n) is 5.65. The molecule has 1 amide bonds. The van der Waals surface area contributed by atoms with Gasteiger partial charge in [0.2, 0.25) is 0 Å². The standard InChI is InChI=1S/C14H21NO3/c1-9(14(2,3)4)8-15-13(18)10-6-5-7-11(16)12(10)17/h5-7,9,16-17H,8H2,1-4H3,(H,15,18). The topological polar surface area (TPSA) is 69.6 Å². The number of phenolic OH excluding ortho intramolecular Hbond substituents is 2. The molecule has 0 aliphatic rings. The first-order valence-corrected chi connectivity index (χ1v) is 6.02. The normalized spacial score (nSPS) is 13.1. The van der Waals surface area contributed by atoms with Gasteiger partial charge in [0.05, 0.1) is 5.56 Å². The van der Waals surface area contributed by atoms with Crippen molar-refractivity contribution in [2.24, 2.45) is 11.3 Å². The highest BCUT2D eigenvalue weighted by Crippen LogP contribution is 2.28. The van der Waals surface area contributed by atoms with Crippen molar-refractivity contribution in [3.8, 4) is 11.5 Å². The van der Waals surface area contributed by atoms with Crippen LogP contribution in [0.2, 0.25) is 0 Å². The molecule has 0 bridgehead atoms. The van der Waals surface area contributed by atoms with Gasteiger partial charge in [0.25, 0.3) is 5.91 Å². The third-order valence-electron chi connectivity index (χ3n) is 3.31. The summed E-state index contributed by atoms with van der Waals surface area (Å²) in [5.41, 5.74) is 0.199. The number of carbonyl (C=O) groups excluding carboxylic acids is 1. The Kier molecular flexibility index (Phi) is 4.22. The fourth-order valence-electron chi connectivity index (χ4n) is 1.36. The van der Waals surface area contributed by atoms with Gasteiger partial charge in [-0.2, -0.15) is 0 Å². The summed E-state index contributed by atoms with van der Waals surface area (Å²) in [5, 5.41) is 21.7. The van der Waals surface area contributed by atoms with Crippen LogP contribution >= 0.6 is 0 Å². The maximum Gasteiger partial charge on any atom is 0.255 e. The number of nitrogens with one attached hydrogen (secondary N) is 1. The summed E-state index contributed by atoms with van der Waals surface area (Å²) in [6, 6.07) is 4.34. The maximum absolute atomic E-state index is 11.9. The van der Waals surface area contributed by atoms with Crippen LogP contribution in [-0.4, -0.2) is 22.7 Å². The van der Waals surface area contributed by atoms with Gasteiger partial charge in [-0.3, -0.25) is 4.79 Å². The summed E-state index contributed by atoms with van der Waals surface area (Å²) in [6.07, 6.45) is 0. The Hall–Kier alpha value is -1.71. The summed E-state index contributed by atoms with van der Waals surface area (Å²) >= 11 is 0. The quantitative estimate of drug-likeness (QED) is 0.723. The smallest absolute Gasteiger partial charge is 0.255 e. The lowest BCUT2D eigenvalue weighted by molar-refractivity contribution is 0.0933. The van der Waals surface area contributed by atoms with Crippen molar-refractivity contribution in [2.45, 2.75) is 27.7 Å². The summed E-state index contributed by atoms with van der Waals surface area (Å²) < 4.78 is 0. The van der Waals surface area contributed by atoms with Crippen LogP contribution in [0.15, 0.2) is 18.2 Å². The van der Waals surface area contributed by atoms with E-state index in [-0.39, 0.29) is 28.4 Å². The number of amides is 1. The minimum Gasteiger partial charge on any atom is -0.504 e. The molecule has 1 aromatic rings. The van der Waals surface area contributed by atoms with E-state index in [0.29, 0.717) is 12.5 Å². The van der Waals surface area contributed by atoms with Crippen LogP contribution in [0.5, 0.6) is 11.5 Å². The molecule has 4 nitrogen and oxygen atoms in total. The number of phenols is 2. The highest BCUT2D eigenvalue weighted by Gasteiger charge is 2.21. The number of carbonyl (C=O) groups is 1. The van der Waals surface area contributed by atoms with Gasteiger partial charge in [-0.25, -0.2) is 0 Å². The first kappa shape index (κ1) is 14.4. The summed E-state index contributed by atoms with van der Waals surface area (Å²) in [6.45, 7) is 8.90. The molecule has 1 rings (SSSR count). The monoisotopic (exact) mass is 251 g/mol. The number of hydrogen-bond acceptors (Lipinski definition) is 3. The number of para-hydroxylation sites is 1. The van der Waals surface area contributed by atoms with E-state index < -0.39 is 0 Å². The second-order valence-corrected chi connectivity index (χ2v) is 5.65. The minimum absolute atomic E-state index is 0.0936. The molecule has 100 valence electrons. The molecule has 0 saturated carbocycles. The molecule has 0 saturated heterocycles. The van der Waals surface area contributed by atoms with E-state index in [1.165, 1.54) is 18.2 Å². The zero-order chi connectivity index (χ0) is 13.9. The van der Waals surface area contributed by atoms with Crippen molar-refractivity contribution in [3.63, 3.8) is 0 Å². The number of rotatable bonds is 3. The third-order valence-corrected chi connectivity index (χ3v) is 3.31. The number of aromatic hydroxyl groups is 2. The molecule has 1 atom stereocenters. The molecule has 0 aromatic heterocycles. The first-order chi connectivity index (χ1) is 8.23. The fraction of sp³-hybridized carbons (Fsp3) is 0.500. The first-order valence-electron chi connectivity index (χ1n) is 6.02. The van der Waals surface area contributed by atoms with Gasteiger partial charge < -0.3 is 15.5 Å². The Balaban J connectivity index is 2.70. The molecule has 0 heterocycles. The van der Waals surface area contributed by atoms with Crippen LogP contribution in [0.3, 0.4) is 0 Å². The van der Waals surface area contributed by atoms with Crippen LogP contribution in [0.4, 0.5) is 0 Å². The van der Waals surface area contributed by atoms with Crippen molar-refractivity contribution >= 4 is 5.91 Å². The van der Waals surface area contributed by atoms with Crippen molar-refractivity contribution < 1.29 is 15.0 Å². The highest BCUT2D eigenvalue weighted by atomic mass is 16.3. The van der Waals surface area contributed by atoms with E-state index in [0.717, 1.165) is 0 Å². The Labute approximate surface area is 108 Å². The lowest BCUT2D eigenvalue weighted by Crippen LogP contribution is -2.33. The highest BCUT2D eigenvalue weighted by molar-refractivity contribution is 5.97. The van der Waals surface area contributed by atoms with Crippen LogP contribution in [0, 0.1) is 11.3 Å². The molecule has 0 aliphatic carbocycles. The van der Waals surface area contributed by atoms with E-state index in [1.54, 1.807) is 0 Å². The lowest BCUT2D eigenvalue weighted by atomic mass is 9.82. The number of hydrogen-bond donors (Lipinski definition) is 3. The van der Waals surface area contributed by atoms with E-state index >= 15 is 0 Å². The summed E-state index contributed by atoms with van der Waals surface area (Å²) in [7, 11) is 0. The third kappa shape index (κ3) is 3.39. The molecule has 0 spiro atoms. The van der Waals surface area contributed by atoms with Crippen molar-refractivity contribution in [3.05, 3.63) is 23.8 Å². The number of benzene rings is 1. The molecule has 3 N–H and O–H groups in total. The van der Waals surface area contributed by atoms with E-state index in [9.17, 15) is 15.0 Å². The Morgan fingerprint density at radius 3 is 2.50 bits per heavy atom. The molecule has 4 heteroatoms. The second kappa shape index (κ2) is 5.29. The summed E-state index contributed by atoms with van der Waals surface area (Å²) in [5.74, 6) is -0.731. The van der Waals surface area contributed by atoms with Crippen molar-refractivity contribution in [2.75, 3.05) is 6.54 Å². The Bertz CT molecular complexity index is 435. The van der Waals surface area contributed by atoms with Gasteiger partial charge in [-0.05, 0) is 23.5 Å². The molecule has 18 heavy (non-hydrogen) atoms. The Morgan fingerprint density at radius 2 is 1.94 bits per heavy atom. The van der Waals surface area contributed by atoms with Crippen LogP contribution < -0.4 is 5.32 Å². The average Bonchev–Trinajstić information content (AvgIpc) is 2.27. The van der Waals surface area contributed by atoms with Gasteiger partial charge in [-0.15, -0.1) is 0 Å². The van der Waals surface area contributed by atoms with Gasteiger partial charge in [0.1, 0.15) is 0 Å². The zero-order valence-electron chi connectivity index (χ0n) is 11.3. The largest absolute Gasteiger partial charge is 0.504 e. The van der Waals surface area contributed by atoms with Gasteiger partial charge in [0, 0.05) is 6.54 Å². The van der Waals surface area contributed by atoms with Crippen LogP contribution in [-0.2, 0) is 0 Å². The molecule has 1 aromatic carbocycles. The fourth-order valence-corrected chi connectivity index (χ4v) is 1.36. The van der Waals surface area contributed by atoms with Crippen LogP contribution in [0.1, 0.15) is 38.1 Å². The van der Waals surface area contributed by atoms with E-state index in [4.69, 9.17) is 0 Å². The van der Waals surface area contributed by atoms with E-state index in [2.05, 4.69) is 33.0 Å². The van der Waals surface area contributed by atoms with Crippen molar-refractivity contribution in [1.82, 2.24) is 5.32 Å². The Morgan fingerprint density at radius 1 is 1.33 bits per heavy atom. The molecular weight excluding hydrogens is 230 g/mol. The predicted molar refractivity (Wildman–Crippen MR) is 70.7 cm³/mol. The minimum atomic E-state index is -0.376. The van der Waals surface area contributed by atoms with Gasteiger partial charge in [-0.1, -0.05) is 33.8 Å². The molecule has 0 aliphatic heterocycles. The maximum atomic E-state index is 11.9. The van der Waals surface area contributed by atoms with Gasteiger partial charge >= 0.3 is 0 Å². The molecule has 1 unspecified atom stereocenters. The molecular formula is C14H21NO3.